The van der Waals surface area contributed by atoms with Gasteiger partial charge in [-0.15, -0.1) is 10.2 Å². The van der Waals surface area contributed by atoms with E-state index in [2.05, 4.69) is 37.9 Å². The summed E-state index contributed by atoms with van der Waals surface area (Å²) in [5.74, 6) is 6.18. The zero-order valence-corrected chi connectivity index (χ0v) is 22.9. The summed E-state index contributed by atoms with van der Waals surface area (Å²) in [4.78, 5) is 11.9. The quantitative estimate of drug-likeness (QED) is 0.375. The van der Waals surface area contributed by atoms with Crippen LogP contribution in [0.5, 0.6) is 0 Å². The molecule has 4 fully saturated rings. The van der Waals surface area contributed by atoms with E-state index in [1.165, 1.54) is 64.2 Å². The highest BCUT2D eigenvalue weighted by molar-refractivity contribution is 5.83. The van der Waals surface area contributed by atoms with Crippen LogP contribution in [0.1, 0.15) is 122 Å². The predicted molar refractivity (Wildman–Crippen MR) is 137 cm³/mol. The van der Waals surface area contributed by atoms with E-state index in [0.29, 0.717) is 29.2 Å². The Kier molecular flexibility index (Phi) is 7.09. The minimum absolute atomic E-state index is 0.0157. The van der Waals surface area contributed by atoms with E-state index in [4.69, 9.17) is 9.15 Å². The summed E-state index contributed by atoms with van der Waals surface area (Å²) in [7, 11) is 0. The number of rotatable bonds is 7. The van der Waals surface area contributed by atoms with Gasteiger partial charge in [0.15, 0.2) is 0 Å². The first kappa shape index (κ1) is 25.3. The first-order chi connectivity index (χ1) is 16.8. The topological polar surface area (TPSA) is 65.2 Å². The van der Waals surface area contributed by atoms with Gasteiger partial charge in [0, 0.05) is 6.42 Å². The minimum atomic E-state index is -0.519. The molecule has 0 saturated heterocycles. The second-order valence-corrected chi connectivity index (χ2v) is 13.1. The highest BCUT2D eigenvalue weighted by Crippen LogP contribution is 2.69. The second kappa shape index (κ2) is 9.82. The van der Waals surface area contributed by atoms with Crippen LogP contribution in [0, 0.1) is 52.3 Å². The van der Waals surface area contributed by atoms with Crippen molar-refractivity contribution in [1.82, 2.24) is 10.2 Å². The van der Waals surface area contributed by atoms with E-state index < -0.39 is 5.97 Å². The van der Waals surface area contributed by atoms with Crippen molar-refractivity contribution < 1.29 is 13.9 Å². The molecule has 0 spiro atoms. The van der Waals surface area contributed by atoms with E-state index in [0.717, 1.165) is 48.3 Å². The molecule has 5 rings (SSSR count). The zero-order valence-electron chi connectivity index (χ0n) is 22.9. The van der Waals surface area contributed by atoms with Gasteiger partial charge < -0.3 is 9.15 Å². The Labute approximate surface area is 212 Å². The number of ether oxygens (including phenoxy) is 1. The molecule has 4 aliphatic rings. The van der Waals surface area contributed by atoms with Crippen molar-refractivity contribution in [3.63, 3.8) is 0 Å². The molecule has 196 valence electrons. The lowest BCUT2D eigenvalue weighted by Crippen LogP contribution is -2.55. The molecule has 0 bridgehead atoms. The van der Waals surface area contributed by atoms with E-state index in [1.807, 2.05) is 0 Å². The van der Waals surface area contributed by atoms with Crippen LogP contribution in [0.25, 0.3) is 0 Å². The highest BCUT2D eigenvalue weighted by atomic mass is 16.5. The number of esters is 1. The fourth-order valence-electron chi connectivity index (χ4n) is 10.2. The molecule has 1 heterocycles. The van der Waals surface area contributed by atoms with Gasteiger partial charge in [-0.25, -0.2) is 4.79 Å². The fourth-order valence-corrected chi connectivity index (χ4v) is 10.2. The molecule has 0 aromatic carbocycles. The Bertz CT molecular complexity index is 898. The first-order valence-corrected chi connectivity index (χ1v) is 14.8. The number of carbonyl (C=O) groups is 1. The third kappa shape index (κ3) is 4.27. The molecule has 4 aliphatic carbocycles. The molecule has 9 atom stereocenters. The molecule has 1 aromatic rings. The molecule has 4 unspecified atom stereocenters. The number of aryl methyl sites for hydroxylation is 1. The van der Waals surface area contributed by atoms with Crippen molar-refractivity contribution in [1.29, 1.82) is 0 Å². The van der Waals surface area contributed by atoms with Crippen molar-refractivity contribution in [3.8, 4) is 0 Å². The lowest BCUT2D eigenvalue weighted by molar-refractivity contribution is -0.138. The van der Waals surface area contributed by atoms with Crippen molar-refractivity contribution in [3.05, 3.63) is 11.8 Å². The van der Waals surface area contributed by atoms with Gasteiger partial charge in [0.05, 0.1) is 6.61 Å². The van der Waals surface area contributed by atoms with Crippen LogP contribution < -0.4 is 0 Å². The standard InChI is InChI=1S/C30H48N2O3/c1-6-20-18-21-24-13-12-22(19(3)11-14-26-31-32-27(35-26)28(33)34-7-2)30(24,5)17-15-25(21)29(4)16-9-8-10-23(20)29/h19-25H,6-18H2,1-5H3/t19-,20+,21?,22?,23+,24?,25?,29+,30-/m1/s1. The molecule has 0 aliphatic heterocycles. The average Bonchev–Trinajstić information content (AvgIpc) is 3.46. The Morgan fingerprint density at radius 2 is 1.83 bits per heavy atom. The average molecular weight is 485 g/mol. The highest BCUT2D eigenvalue weighted by Gasteiger charge is 2.61. The van der Waals surface area contributed by atoms with Crippen molar-refractivity contribution in [2.24, 2.45) is 52.3 Å². The van der Waals surface area contributed by atoms with Crippen LogP contribution in [0.15, 0.2) is 4.42 Å². The lowest BCUT2D eigenvalue weighted by Gasteiger charge is -2.63. The molecule has 0 N–H and O–H groups in total. The molecule has 5 nitrogen and oxygen atoms in total. The smallest absolute Gasteiger partial charge is 0.396 e. The van der Waals surface area contributed by atoms with Gasteiger partial charge in [-0.3, -0.25) is 0 Å². The third-order valence-electron chi connectivity index (χ3n) is 11.8. The second-order valence-electron chi connectivity index (χ2n) is 13.1. The first-order valence-electron chi connectivity index (χ1n) is 14.8. The number of carbonyl (C=O) groups excluding carboxylic acids is 1. The predicted octanol–water partition coefficient (Wildman–Crippen LogP) is 7.50. The summed E-state index contributed by atoms with van der Waals surface area (Å²) in [6.45, 7) is 12.4. The van der Waals surface area contributed by atoms with Crippen molar-refractivity contribution in [2.45, 2.75) is 112 Å². The Morgan fingerprint density at radius 1 is 1.03 bits per heavy atom. The summed E-state index contributed by atoms with van der Waals surface area (Å²) >= 11 is 0. The van der Waals surface area contributed by atoms with E-state index in [-0.39, 0.29) is 5.89 Å². The van der Waals surface area contributed by atoms with Crippen molar-refractivity contribution in [2.75, 3.05) is 6.61 Å². The molecule has 35 heavy (non-hydrogen) atoms. The lowest BCUT2D eigenvalue weighted by atomic mass is 9.42. The van der Waals surface area contributed by atoms with Gasteiger partial charge >= 0.3 is 11.9 Å². The Balaban J connectivity index is 1.27. The molecule has 1 aromatic heterocycles. The van der Waals surface area contributed by atoms with Gasteiger partial charge in [0.1, 0.15) is 0 Å². The minimum Gasteiger partial charge on any atom is -0.459 e. The SMILES string of the molecule is CCOC(=O)c1nnc(CC[C@@H](C)C2CCC3C4C[C@H](CC)[C@@H]5CCCC[C@]5(C)C4CC[C@@]32C)o1. The van der Waals surface area contributed by atoms with Crippen LogP contribution in [0.4, 0.5) is 0 Å². The molecule has 0 amide bonds. The molecular weight excluding hydrogens is 436 g/mol. The number of fused-ring (bicyclic) bond motifs is 5. The molecule has 0 radical (unpaired) electrons. The van der Waals surface area contributed by atoms with E-state index >= 15 is 0 Å². The molecule has 5 heteroatoms. The van der Waals surface area contributed by atoms with Crippen LogP contribution in [-0.4, -0.2) is 22.8 Å². The van der Waals surface area contributed by atoms with E-state index in [9.17, 15) is 4.79 Å². The maximum absolute atomic E-state index is 11.9. The van der Waals surface area contributed by atoms with Crippen LogP contribution in [0.2, 0.25) is 0 Å². The summed E-state index contributed by atoms with van der Waals surface area (Å²) < 4.78 is 10.6. The molecule has 4 saturated carbocycles. The normalized spacial score (nSPS) is 41.5. The van der Waals surface area contributed by atoms with Gasteiger partial charge in [-0.1, -0.05) is 47.0 Å². The summed E-state index contributed by atoms with van der Waals surface area (Å²) in [6.07, 6.45) is 16.3. The number of hydrogen-bond donors (Lipinski definition) is 0. The van der Waals surface area contributed by atoms with Gasteiger partial charge in [0.25, 0.3) is 0 Å². The van der Waals surface area contributed by atoms with E-state index in [1.54, 1.807) is 6.92 Å². The maximum atomic E-state index is 11.9. The number of hydrogen-bond acceptors (Lipinski definition) is 5. The monoisotopic (exact) mass is 484 g/mol. The van der Waals surface area contributed by atoms with Crippen LogP contribution in [0.3, 0.4) is 0 Å². The van der Waals surface area contributed by atoms with Crippen LogP contribution in [-0.2, 0) is 11.2 Å². The number of nitrogens with zero attached hydrogens (tertiary/aromatic N) is 2. The zero-order chi connectivity index (χ0) is 24.8. The Morgan fingerprint density at radius 3 is 2.60 bits per heavy atom. The number of aromatic nitrogens is 2. The largest absolute Gasteiger partial charge is 0.459 e. The summed E-state index contributed by atoms with van der Waals surface area (Å²) in [6, 6.07) is 0. The Hall–Kier alpha value is -1.39. The van der Waals surface area contributed by atoms with Crippen LogP contribution >= 0.6 is 0 Å². The van der Waals surface area contributed by atoms with Gasteiger partial charge in [-0.05, 0) is 111 Å². The maximum Gasteiger partial charge on any atom is 0.396 e. The summed E-state index contributed by atoms with van der Waals surface area (Å²) in [5, 5.41) is 8.02. The fraction of sp³-hybridized carbons (Fsp3) is 0.900. The van der Waals surface area contributed by atoms with Gasteiger partial charge in [-0.2, -0.15) is 0 Å². The third-order valence-corrected chi connectivity index (χ3v) is 11.8. The summed E-state index contributed by atoms with van der Waals surface area (Å²) in [5.41, 5.74) is 1.07. The van der Waals surface area contributed by atoms with Gasteiger partial charge in [0.2, 0.25) is 5.89 Å². The molecular formula is C30H48N2O3. The van der Waals surface area contributed by atoms with Crippen molar-refractivity contribution >= 4 is 5.97 Å².